The first kappa shape index (κ1) is 14.0. The van der Waals surface area contributed by atoms with E-state index in [1.807, 2.05) is 13.0 Å². The second kappa shape index (κ2) is 5.72. The lowest BCUT2D eigenvalue weighted by Crippen LogP contribution is -2.12. The minimum absolute atomic E-state index is 0.166. The minimum Gasteiger partial charge on any atom is -0.321 e. The topological polar surface area (TPSA) is 29.1 Å². The Morgan fingerprint density at radius 2 is 2.00 bits per heavy atom. The van der Waals surface area contributed by atoms with E-state index in [4.69, 9.17) is 11.6 Å². The third-order valence-corrected chi connectivity index (χ3v) is 3.78. The molecule has 5 heteroatoms. The van der Waals surface area contributed by atoms with Gasteiger partial charge in [0.2, 0.25) is 0 Å². The Bertz CT molecular complexity index is 645. The number of aryl methyl sites for hydroxylation is 1. The van der Waals surface area contributed by atoms with Crippen molar-refractivity contribution in [1.29, 1.82) is 0 Å². The van der Waals surface area contributed by atoms with Crippen LogP contribution in [0.2, 0.25) is 5.02 Å². The van der Waals surface area contributed by atoms with Gasteiger partial charge in [-0.3, -0.25) is 4.79 Å². The van der Waals surface area contributed by atoms with Gasteiger partial charge in [0.25, 0.3) is 5.91 Å². The summed E-state index contributed by atoms with van der Waals surface area (Å²) in [6.45, 7) is 1.93. The first-order chi connectivity index (χ1) is 8.97. The van der Waals surface area contributed by atoms with E-state index >= 15 is 0 Å². The Morgan fingerprint density at radius 3 is 2.63 bits per heavy atom. The molecule has 0 aliphatic rings. The van der Waals surface area contributed by atoms with Crippen LogP contribution in [-0.2, 0) is 0 Å². The molecule has 0 aliphatic carbocycles. The van der Waals surface area contributed by atoms with Crippen LogP contribution >= 0.6 is 27.5 Å². The van der Waals surface area contributed by atoms with Crippen molar-refractivity contribution in [2.24, 2.45) is 0 Å². The number of hydrogen-bond donors (Lipinski definition) is 1. The first-order valence-electron chi connectivity index (χ1n) is 5.50. The van der Waals surface area contributed by atoms with Gasteiger partial charge >= 0.3 is 0 Å². The summed E-state index contributed by atoms with van der Waals surface area (Å²) in [5.74, 6) is -0.740. The molecule has 0 bridgehead atoms. The summed E-state index contributed by atoms with van der Waals surface area (Å²) in [6.07, 6.45) is 0. The average Bonchev–Trinajstić information content (AvgIpc) is 2.36. The van der Waals surface area contributed by atoms with Gasteiger partial charge in [0.05, 0.1) is 10.7 Å². The molecule has 2 nitrogen and oxygen atoms in total. The summed E-state index contributed by atoms with van der Waals surface area (Å²) in [7, 11) is 0. The Balaban J connectivity index is 2.23. The van der Waals surface area contributed by atoms with Crippen molar-refractivity contribution < 1.29 is 9.18 Å². The second-order valence-electron chi connectivity index (χ2n) is 4.04. The van der Waals surface area contributed by atoms with Crippen LogP contribution in [0, 0.1) is 12.7 Å². The third kappa shape index (κ3) is 3.33. The molecule has 0 fully saturated rings. The van der Waals surface area contributed by atoms with Gasteiger partial charge < -0.3 is 5.32 Å². The lowest BCUT2D eigenvalue weighted by molar-refractivity contribution is 0.102. The Morgan fingerprint density at radius 1 is 1.26 bits per heavy atom. The van der Waals surface area contributed by atoms with Crippen molar-refractivity contribution in [3.8, 4) is 0 Å². The Kier molecular flexibility index (Phi) is 4.22. The van der Waals surface area contributed by atoms with Crippen molar-refractivity contribution in [2.45, 2.75) is 6.92 Å². The number of halogens is 3. The molecule has 2 rings (SSSR count). The number of benzene rings is 2. The number of carbonyl (C=O) groups is 1. The van der Waals surface area contributed by atoms with E-state index in [1.165, 1.54) is 12.1 Å². The van der Waals surface area contributed by atoms with Crippen molar-refractivity contribution >= 4 is 39.1 Å². The van der Waals surface area contributed by atoms with Crippen LogP contribution in [0.25, 0.3) is 0 Å². The summed E-state index contributed by atoms with van der Waals surface area (Å²) in [5, 5.41) is 2.81. The SMILES string of the molecule is Cc1ccc(C(=O)Nc2ccc(F)cc2Cl)cc1Br. The number of anilines is 1. The van der Waals surface area contributed by atoms with E-state index in [-0.39, 0.29) is 10.9 Å². The molecule has 0 saturated heterocycles. The number of nitrogens with one attached hydrogen (secondary N) is 1. The molecule has 0 aromatic heterocycles. The molecule has 2 aromatic carbocycles. The highest BCUT2D eigenvalue weighted by Gasteiger charge is 2.10. The normalized spacial score (nSPS) is 10.3. The molecular formula is C14H10BrClFNO. The maximum atomic E-state index is 12.9. The van der Waals surface area contributed by atoms with Gasteiger partial charge in [0, 0.05) is 10.0 Å². The molecule has 0 unspecified atom stereocenters. The Hall–Kier alpha value is -1.39. The molecule has 1 amide bonds. The van der Waals surface area contributed by atoms with Crippen molar-refractivity contribution in [2.75, 3.05) is 5.32 Å². The lowest BCUT2D eigenvalue weighted by atomic mass is 10.1. The zero-order chi connectivity index (χ0) is 14.0. The molecule has 0 radical (unpaired) electrons. The largest absolute Gasteiger partial charge is 0.321 e. The fourth-order valence-electron chi connectivity index (χ4n) is 1.52. The zero-order valence-electron chi connectivity index (χ0n) is 10.0. The summed E-state index contributed by atoms with van der Waals surface area (Å²) < 4.78 is 13.8. The summed E-state index contributed by atoms with van der Waals surface area (Å²) in [4.78, 5) is 12.0. The van der Waals surface area contributed by atoms with Gasteiger partial charge in [0.15, 0.2) is 0 Å². The molecule has 0 saturated carbocycles. The monoisotopic (exact) mass is 341 g/mol. The minimum atomic E-state index is -0.443. The predicted molar refractivity (Wildman–Crippen MR) is 78.2 cm³/mol. The van der Waals surface area contributed by atoms with E-state index in [2.05, 4.69) is 21.2 Å². The maximum Gasteiger partial charge on any atom is 0.255 e. The molecule has 0 aliphatic heterocycles. The highest BCUT2D eigenvalue weighted by Crippen LogP contribution is 2.24. The highest BCUT2D eigenvalue weighted by atomic mass is 79.9. The molecule has 1 N–H and O–H groups in total. The van der Waals surface area contributed by atoms with Crippen LogP contribution < -0.4 is 5.32 Å². The maximum absolute atomic E-state index is 12.9. The van der Waals surface area contributed by atoms with Crippen LogP contribution in [0.4, 0.5) is 10.1 Å². The fourth-order valence-corrected chi connectivity index (χ4v) is 2.11. The van der Waals surface area contributed by atoms with Gasteiger partial charge in [0.1, 0.15) is 5.82 Å². The van der Waals surface area contributed by atoms with Gasteiger partial charge in [-0.15, -0.1) is 0 Å². The van der Waals surface area contributed by atoms with Crippen LogP contribution in [0.3, 0.4) is 0 Å². The number of rotatable bonds is 2. The summed E-state index contributed by atoms with van der Waals surface area (Å²) in [6, 6.07) is 9.10. The number of carbonyl (C=O) groups excluding carboxylic acids is 1. The molecule has 98 valence electrons. The van der Waals surface area contributed by atoms with Gasteiger partial charge in [-0.25, -0.2) is 4.39 Å². The zero-order valence-corrected chi connectivity index (χ0v) is 12.3. The number of hydrogen-bond acceptors (Lipinski definition) is 1. The van der Waals surface area contributed by atoms with E-state index < -0.39 is 5.82 Å². The molecule has 0 atom stereocenters. The van der Waals surface area contributed by atoms with Crippen molar-refractivity contribution in [1.82, 2.24) is 0 Å². The van der Waals surface area contributed by atoms with Gasteiger partial charge in [-0.05, 0) is 42.8 Å². The standard InChI is InChI=1S/C14H10BrClFNO/c1-8-2-3-9(6-11(8)15)14(19)18-13-5-4-10(17)7-12(13)16/h2-7H,1H3,(H,18,19). The first-order valence-corrected chi connectivity index (χ1v) is 6.67. The average molecular weight is 343 g/mol. The molecule has 0 spiro atoms. The van der Waals surface area contributed by atoms with Gasteiger partial charge in [-0.1, -0.05) is 33.6 Å². The van der Waals surface area contributed by atoms with Gasteiger partial charge in [-0.2, -0.15) is 0 Å². The lowest BCUT2D eigenvalue weighted by Gasteiger charge is -2.08. The van der Waals surface area contributed by atoms with Crippen LogP contribution in [-0.4, -0.2) is 5.91 Å². The van der Waals surface area contributed by atoms with E-state index in [0.29, 0.717) is 11.3 Å². The number of amides is 1. The fraction of sp³-hybridized carbons (Fsp3) is 0.0714. The summed E-state index contributed by atoms with van der Waals surface area (Å²) in [5.41, 5.74) is 1.92. The second-order valence-corrected chi connectivity index (χ2v) is 5.30. The Labute approximate surface area is 123 Å². The van der Waals surface area contributed by atoms with Crippen LogP contribution in [0.1, 0.15) is 15.9 Å². The predicted octanol–water partition coefficient (Wildman–Crippen LogP) is 4.80. The summed E-state index contributed by atoms with van der Waals surface area (Å²) >= 11 is 9.22. The molecule has 19 heavy (non-hydrogen) atoms. The molecule has 0 heterocycles. The smallest absolute Gasteiger partial charge is 0.255 e. The van der Waals surface area contributed by atoms with Crippen molar-refractivity contribution in [3.05, 3.63) is 62.8 Å². The highest BCUT2D eigenvalue weighted by molar-refractivity contribution is 9.10. The van der Waals surface area contributed by atoms with Crippen LogP contribution in [0.15, 0.2) is 40.9 Å². The van der Waals surface area contributed by atoms with E-state index in [1.54, 1.807) is 12.1 Å². The van der Waals surface area contributed by atoms with E-state index in [9.17, 15) is 9.18 Å². The molecule has 2 aromatic rings. The van der Waals surface area contributed by atoms with Crippen LogP contribution in [0.5, 0.6) is 0 Å². The quantitative estimate of drug-likeness (QED) is 0.834. The third-order valence-electron chi connectivity index (χ3n) is 2.61. The molecular weight excluding hydrogens is 333 g/mol. The van der Waals surface area contributed by atoms with Crippen molar-refractivity contribution in [3.63, 3.8) is 0 Å². The van der Waals surface area contributed by atoms with E-state index in [0.717, 1.165) is 16.1 Å².